The number of para-hydroxylation sites is 1. The molecule has 0 aliphatic heterocycles. The molecule has 7 heteroatoms. The van der Waals surface area contributed by atoms with Crippen LogP contribution < -0.4 is 10.5 Å². The summed E-state index contributed by atoms with van der Waals surface area (Å²) in [4.78, 5) is 3.99. The predicted molar refractivity (Wildman–Crippen MR) is 61.3 cm³/mol. The van der Waals surface area contributed by atoms with Gasteiger partial charge in [-0.05, 0) is 6.07 Å². The fraction of sp³-hybridized carbons (Fsp3) is 0.182. The minimum Gasteiger partial charge on any atom is -0.405 e. The molecule has 1 atom stereocenters. The quantitative estimate of drug-likeness (QED) is 0.935. The van der Waals surface area contributed by atoms with Crippen molar-refractivity contribution >= 4 is 11.3 Å². The Bertz CT molecular complexity index is 513. The van der Waals surface area contributed by atoms with Crippen molar-refractivity contribution in [1.29, 1.82) is 0 Å². The number of benzene rings is 1. The van der Waals surface area contributed by atoms with E-state index in [1.165, 1.54) is 29.5 Å². The summed E-state index contributed by atoms with van der Waals surface area (Å²) in [5, 5.41) is 2.25. The summed E-state index contributed by atoms with van der Waals surface area (Å²) in [6.45, 7) is 0. The molecular formula is C11H9F3N2OS. The number of ether oxygens (including phenoxy) is 1. The van der Waals surface area contributed by atoms with Gasteiger partial charge in [-0.15, -0.1) is 24.5 Å². The van der Waals surface area contributed by atoms with Crippen LogP contribution in [0.15, 0.2) is 35.8 Å². The summed E-state index contributed by atoms with van der Waals surface area (Å²) >= 11 is 1.28. The van der Waals surface area contributed by atoms with E-state index in [9.17, 15) is 13.2 Å². The summed E-state index contributed by atoms with van der Waals surface area (Å²) in [5.74, 6) is -0.298. The monoisotopic (exact) mass is 274 g/mol. The molecule has 0 spiro atoms. The largest absolute Gasteiger partial charge is 0.573 e. The first-order valence-corrected chi connectivity index (χ1v) is 5.85. The Morgan fingerprint density at radius 1 is 1.28 bits per heavy atom. The standard InChI is InChI=1S/C11H9F3N2OS/c12-11(13,14)17-8-4-2-1-3-7(8)9(15)10-16-5-6-18-10/h1-6,9H,15H2. The SMILES string of the molecule is NC(c1nccs1)c1ccccc1OC(F)(F)F. The molecule has 0 aliphatic rings. The van der Waals surface area contributed by atoms with Crippen LogP contribution in [-0.4, -0.2) is 11.3 Å². The fourth-order valence-electron chi connectivity index (χ4n) is 1.48. The molecule has 3 nitrogen and oxygen atoms in total. The summed E-state index contributed by atoms with van der Waals surface area (Å²) in [6.07, 6.45) is -3.19. The molecule has 0 saturated heterocycles. The molecule has 0 aliphatic carbocycles. The van der Waals surface area contributed by atoms with Gasteiger partial charge in [0.25, 0.3) is 0 Å². The highest BCUT2D eigenvalue weighted by Gasteiger charge is 2.32. The number of nitrogens with two attached hydrogens (primary N) is 1. The van der Waals surface area contributed by atoms with Crippen LogP contribution in [0.4, 0.5) is 13.2 Å². The number of rotatable bonds is 3. The van der Waals surface area contributed by atoms with Gasteiger partial charge in [-0.25, -0.2) is 4.98 Å². The van der Waals surface area contributed by atoms with Crippen LogP contribution in [0.5, 0.6) is 5.75 Å². The Morgan fingerprint density at radius 3 is 2.61 bits per heavy atom. The molecule has 1 heterocycles. The zero-order valence-corrected chi connectivity index (χ0v) is 9.83. The van der Waals surface area contributed by atoms with E-state index in [1.54, 1.807) is 17.6 Å². The highest BCUT2D eigenvalue weighted by molar-refractivity contribution is 7.09. The van der Waals surface area contributed by atoms with Crippen molar-refractivity contribution < 1.29 is 17.9 Å². The Morgan fingerprint density at radius 2 is 2.00 bits per heavy atom. The molecule has 0 saturated carbocycles. The summed E-state index contributed by atoms with van der Waals surface area (Å²) in [5.41, 5.74) is 6.14. The topological polar surface area (TPSA) is 48.1 Å². The van der Waals surface area contributed by atoms with Crippen molar-refractivity contribution in [3.8, 4) is 5.75 Å². The minimum atomic E-state index is -4.74. The molecule has 18 heavy (non-hydrogen) atoms. The van der Waals surface area contributed by atoms with Gasteiger partial charge in [-0.3, -0.25) is 0 Å². The lowest BCUT2D eigenvalue weighted by Gasteiger charge is -2.16. The van der Waals surface area contributed by atoms with E-state index in [0.717, 1.165) is 0 Å². The van der Waals surface area contributed by atoms with E-state index in [-0.39, 0.29) is 11.3 Å². The van der Waals surface area contributed by atoms with Gasteiger partial charge in [0.05, 0.1) is 6.04 Å². The number of alkyl halides is 3. The molecule has 0 bridgehead atoms. The van der Waals surface area contributed by atoms with Crippen LogP contribution in [0.25, 0.3) is 0 Å². The number of aromatic nitrogens is 1. The van der Waals surface area contributed by atoms with E-state index in [4.69, 9.17) is 5.73 Å². The predicted octanol–water partition coefficient (Wildman–Crippen LogP) is 3.09. The molecule has 2 aromatic rings. The fourth-order valence-corrected chi connectivity index (χ4v) is 2.13. The van der Waals surface area contributed by atoms with E-state index in [1.807, 2.05) is 0 Å². The Hall–Kier alpha value is -1.60. The lowest BCUT2D eigenvalue weighted by atomic mass is 10.1. The average molecular weight is 274 g/mol. The highest BCUT2D eigenvalue weighted by Crippen LogP contribution is 2.32. The highest BCUT2D eigenvalue weighted by atomic mass is 32.1. The first kappa shape index (κ1) is 12.8. The van der Waals surface area contributed by atoms with Crippen molar-refractivity contribution in [3.05, 3.63) is 46.4 Å². The normalized spacial score (nSPS) is 13.3. The maximum Gasteiger partial charge on any atom is 0.573 e. The van der Waals surface area contributed by atoms with Crippen LogP contribution in [0.1, 0.15) is 16.6 Å². The molecule has 2 rings (SSSR count). The molecule has 0 radical (unpaired) electrons. The maximum absolute atomic E-state index is 12.3. The number of hydrogen-bond donors (Lipinski definition) is 1. The number of hydrogen-bond acceptors (Lipinski definition) is 4. The number of thiazole rings is 1. The van der Waals surface area contributed by atoms with Crippen LogP contribution in [0.3, 0.4) is 0 Å². The minimum absolute atomic E-state index is 0.254. The van der Waals surface area contributed by atoms with Crippen LogP contribution >= 0.6 is 11.3 Å². The summed E-state index contributed by atoms with van der Waals surface area (Å²) in [6, 6.07) is 5.05. The second kappa shape index (κ2) is 4.95. The second-order valence-corrected chi connectivity index (χ2v) is 4.36. The van der Waals surface area contributed by atoms with Crippen molar-refractivity contribution in [2.24, 2.45) is 5.73 Å². The smallest absolute Gasteiger partial charge is 0.405 e. The van der Waals surface area contributed by atoms with Gasteiger partial charge in [0, 0.05) is 17.1 Å². The van der Waals surface area contributed by atoms with Crippen molar-refractivity contribution in [1.82, 2.24) is 4.98 Å². The molecule has 1 aromatic heterocycles. The van der Waals surface area contributed by atoms with Gasteiger partial charge in [-0.2, -0.15) is 0 Å². The van der Waals surface area contributed by atoms with E-state index < -0.39 is 12.4 Å². The van der Waals surface area contributed by atoms with Crippen LogP contribution in [0, 0.1) is 0 Å². The zero-order chi connectivity index (χ0) is 13.2. The van der Waals surface area contributed by atoms with E-state index in [0.29, 0.717) is 5.01 Å². The second-order valence-electron chi connectivity index (χ2n) is 3.43. The third-order valence-corrected chi connectivity index (χ3v) is 3.06. The zero-order valence-electron chi connectivity index (χ0n) is 9.02. The Balaban J connectivity index is 2.33. The van der Waals surface area contributed by atoms with Crippen molar-refractivity contribution in [3.63, 3.8) is 0 Å². The van der Waals surface area contributed by atoms with Crippen molar-refractivity contribution in [2.45, 2.75) is 12.4 Å². The Labute approximate surface area is 105 Å². The van der Waals surface area contributed by atoms with Gasteiger partial charge >= 0.3 is 6.36 Å². The molecule has 0 amide bonds. The molecular weight excluding hydrogens is 265 g/mol. The first-order chi connectivity index (χ1) is 8.47. The Kier molecular flexibility index (Phi) is 3.53. The molecule has 1 unspecified atom stereocenters. The van der Waals surface area contributed by atoms with Gasteiger partial charge in [0.15, 0.2) is 0 Å². The van der Waals surface area contributed by atoms with E-state index >= 15 is 0 Å². The molecule has 1 aromatic carbocycles. The van der Waals surface area contributed by atoms with E-state index in [2.05, 4.69) is 9.72 Å². The summed E-state index contributed by atoms with van der Waals surface area (Å²) in [7, 11) is 0. The first-order valence-electron chi connectivity index (χ1n) is 4.97. The van der Waals surface area contributed by atoms with Crippen LogP contribution in [0.2, 0.25) is 0 Å². The molecule has 2 N–H and O–H groups in total. The molecule has 0 fully saturated rings. The van der Waals surface area contributed by atoms with Gasteiger partial charge < -0.3 is 10.5 Å². The molecule has 96 valence electrons. The number of nitrogens with zero attached hydrogens (tertiary/aromatic N) is 1. The van der Waals surface area contributed by atoms with Crippen LogP contribution in [-0.2, 0) is 0 Å². The van der Waals surface area contributed by atoms with Gasteiger partial charge in [0.1, 0.15) is 10.8 Å². The third-order valence-electron chi connectivity index (χ3n) is 2.20. The van der Waals surface area contributed by atoms with Crippen molar-refractivity contribution in [2.75, 3.05) is 0 Å². The third kappa shape index (κ3) is 2.99. The van der Waals surface area contributed by atoms with Gasteiger partial charge in [0.2, 0.25) is 0 Å². The lowest BCUT2D eigenvalue weighted by Crippen LogP contribution is -2.20. The summed E-state index contributed by atoms with van der Waals surface area (Å²) < 4.78 is 40.7. The number of halogens is 3. The lowest BCUT2D eigenvalue weighted by molar-refractivity contribution is -0.274. The van der Waals surface area contributed by atoms with Gasteiger partial charge in [-0.1, -0.05) is 18.2 Å². The average Bonchev–Trinajstić information content (AvgIpc) is 2.80. The maximum atomic E-state index is 12.3.